The number of benzene rings is 3. The van der Waals surface area contributed by atoms with Crippen LogP contribution in [0.1, 0.15) is 19.3 Å². The number of rotatable bonds is 5. The Hall–Kier alpha value is -3.28. The number of para-hydroxylation sites is 4. The molecule has 7 nitrogen and oxygen atoms in total. The smallest absolute Gasteiger partial charge is 0.453 e. The monoisotopic (exact) mass is 533 g/mol. The molecule has 1 fully saturated rings. The molecular formula is C26H26F3N3O4S. The van der Waals surface area contributed by atoms with Crippen LogP contribution in [0.4, 0.5) is 24.5 Å². The number of nitrogens with zero attached hydrogens (tertiary/aromatic N) is 2. The predicted molar refractivity (Wildman–Crippen MR) is 134 cm³/mol. The van der Waals surface area contributed by atoms with E-state index in [1.165, 1.54) is 19.2 Å². The molecule has 4 atom stereocenters. The number of fused-ring (bicyclic) bond motifs is 2. The van der Waals surface area contributed by atoms with Crippen LogP contribution in [0.25, 0.3) is 0 Å². The molecule has 3 aromatic carbocycles. The van der Waals surface area contributed by atoms with Gasteiger partial charge in [0.15, 0.2) is 11.5 Å². The quantitative estimate of drug-likeness (QED) is 0.435. The molecule has 3 aromatic rings. The fourth-order valence-corrected chi connectivity index (χ4v) is 6.54. The van der Waals surface area contributed by atoms with Crippen molar-refractivity contribution in [2.75, 3.05) is 11.9 Å². The van der Waals surface area contributed by atoms with Crippen molar-refractivity contribution in [3.63, 3.8) is 0 Å². The number of nitrogens with one attached hydrogen (secondary N) is 1. The minimum Gasteiger partial charge on any atom is -0.453 e. The minimum absolute atomic E-state index is 0.195. The van der Waals surface area contributed by atoms with Gasteiger partial charge in [-0.1, -0.05) is 24.3 Å². The molecule has 0 radical (unpaired) electrons. The van der Waals surface area contributed by atoms with Gasteiger partial charge in [0.1, 0.15) is 15.7 Å². The zero-order valence-corrected chi connectivity index (χ0v) is 20.7. The molecule has 1 unspecified atom stereocenters. The maximum atomic E-state index is 13.8. The molecule has 0 spiro atoms. The first kappa shape index (κ1) is 25.4. The molecule has 2 N–H and O–H groups in total. The SMILES string of the molecule is CN=S(=O)(N[C@H]1CCC[C@@H](N2c3ccccc3Oc3ccccc32)[C@@H]1O)c1ccc(OC(F)(F)F)cc1. The molecule has 1 aliphatic heterocycles. The summed E-state index contributed by atoms with van der Waals surface area (Å²) in [5.74, 6) is 0.936. The number of hydrogen-bond acceptors (Lipinski definition) is 6. The Morgan fingerprint density at radius 1 is 1.00 bits per heavy atom. The van der Waals surface area contributed by atoms with Gasteiger partial charge in [-0.2, -0.15) is 0 Å². The highest BCUT2D eigenvalue weighted by molar-refractivity contribution is 7.91. The van der Waals surface area contributed by atoms with Gasteiger partial charge >= 0.3 is 6.36 Å². The standard InChI is InChI=1S/C26H26F3N3O4S/c1-30-37(34,18-15-13-17(14-16-18)36-26(27,28)29)31-19-7-6-10-22(25(19)33)32-20-8-2-4-11-23(20)35-24-12-5-3-9-21(24)32/h2-5,8-9,11-16,19,22,25,33H,6-7,10H2,1H3,(H,30,31,34)/t19-,22+,25+,37?/m0/s1. The first-order valence-electron chi connectivity index (χ1n) is 11.8. The van der Waals surface area contributed by atoms with Gasteiger partial charge in [-0.25, -0.2) is 13.3 Å². The maximum absolute atomic E-state index is 13.8. The van der Waals surface area contributed by atoms with Gasteiger partial charge in [0.2, 0.25) is 0 Å². The number of aliphatic hydroxyl groups excluding tert-OH is 1. The van der Waals surface area contributed by atoms with Crippen molar-refractivity contribution in [3.05, 3.63) is 72.8 Å². The summed E-state index contributed by atoms with van der Waals surface area (Å²) in [7, 11) is -1.87. The number of halogens is 3. The van der Waals surface area contributed by atoms with Gasteiger partial charge in [-0.15, -0.1) is 13.2 Å². The summed E-state index contributed by atoms with van der Waals surface area (Å²) in [6.45, 7) is 0. The van der Waals surface area contributed by atoms with Gasteiger partial charge in [0.05, 0.1) is 28.4 Å². The largest absolute Gasteiger partial charge is 0.573 e. The summed E-state index contributed by atoms with van der Waals surface area (Å²) in [5, 5.41) is 11.6. The van der Waals surface area contributed by atoms with Crippen LogP contribution >= 0.6 is 0 Å². The van der Waals surface area contributed by atoms with Gasteiger partial charge in [0.25, 0.3) is 0 Å². The van der Waals surface area contributed by atoms with Crippen LogP contribution in [0.2, 0.25) is 0 Å². The molecule has 0 saturated heterocycles. The summed E-state index contributed by atoms with van der Waals surface area (Å²) in [4.78, 5) is 2.27. The molecule has 0 bridgehead atoms. The van der Waals surface area contributed by atoms with Crippen LogP contribution in [0.3, 0.4) is 0 Å². The lowest BCUT2D eigenvalue weighted by molar-refractivity contribution is -0.274. The van der Waals surface area contributed by atoms with Gasteiger partial charge in [-0.05, 0) is 67.8 Å². The predicted octanol–water partition coefficient (Wildman–Crippen LogP) is 5.77. The number of ether oxygens (including phenoxy) is 2. The molecule has 196 valence electrons. The molecule has 1 heterocycles. The zero-order valence-electron chi connectivity index (χ0n) is 19.9. The van der Waals surface area contributed by atoms with E-state index in [0.717, 1.165) is 29.9 Å². The Bertz CT molecular complexity index is 1340. The third-order valence-electron chi connectivity index (χ3n) is 6.57. The number of anilines is 2. The van der Waals surface area contributed by atoms with E-state index in [1.54, 1.807) is 0 Å². The molecule has 11 heteroatoms. The lowest BCUT2D eigenvalue weighted by Crippen LogP contribution is -2.56. The minimum atomic E-state index is -4.83. The van der Waals surface area contributed by atoms with E-state index in [9.17, 15) is 22.5 Å². The molecule has 0 aromatic heterocycles. The number of hydrogen-bond donors (Lipinski definition) is 2. The van der Waals surface area contributed by atoms with Crippen LogP contribution in [-0.4, -0.2) is 40.9 Å². The first-order valence-corrected chi connectivity index (χ1v) is 13.3. The van der Waals surface area contributed by atoms with Crippen LogP contribution in [0.5, 0.6) is 17.2 Å². The molecule has 2 aliphatic rings. The van der Waals surface area contributed by atoms with Crippen molar-refractivity contribution in [2.45, 2.75) is 48.7 Å². The van der Waals surface area contributed by atoms with E-state index in [2.05, 4.69) is 18.7 Å². The highest BCUT2D eigenvalue weighted by atomic mass is 32.2. The second-order valence-corrected chi connectivity index (χ2v) is 11.0. The van der Waals surface area contributed by atoms with E-state index < -0.39 is 34.2 Å². The van der Waals surface area contributed by atoms with Crippen molar-refractivity contribution in [3.8, 4) is 17.2 Å². The topological polar surface area (TPSA) is 83.4 Å². The summed E-state index contributed by atoms with van der Waals surface area (Å²) < 4.78 is 68.4. The third kappa shape index (κ3) is 5.11. The fourth-order valence-electron chi connectivity index (χ4n) is 4.91. The average Bonchev–Trinajstić information content (AvgIpc) is 2.88. The summed E-state index contributed by atoms with van der Waals surface area (Å²) in [6.07, 6.45) is -3.76. The summed E-state index contributed by atoms with van der Waals surface area (Å²) in [5.41, 5.74) is 1.65. The van der Waals surface area contributed by atoms with Crippen LogP contribution in [0, 0.1) is 0 Å². The second kappa shape index (κ2) is 9.88. The Kier molecular flexibility index (Phi) is 6.78. The molecule has 1 aliphatic carbocycles. The number of aliphatic hydroxyl groups is 1. The average molecular weight is 534 g/mol. The molecular weight excluding hydrogens is 507 g/mol. The van der Waals surface area contributed by atoms with E-state index >= 15 is 0 Å². The Morgan fingerprint density at radius 3 is 2.16 bits per heavy atom. The molecule has 5 rings (SSSR count). The number of alkyl halides is 3. The first-order chi connectivity index (χ1) is 17.7. The van der Waals surface area contributed by atoms with Crippen LogP contribution < -0.4 is 19.1 Å². The lowest BCUT2D eigenvalue weighted by atomic mass is 9.86. The van der Waals surface area contributed by atoms with E-state index in [0.29, 0.717) is 24.3 Å². The van der Waals surface area contributed by atoms with E-state index in [1.807, 2.05) is 48.5 Å². The zero-order chi connectivity index (χ0) is 26.2. The summed E-state index contributed by atoms with van der Waals surface area (Å²) in [6, 6.07) is 19.0. The maximum Gasteiger partial charge on any atom is 0.573 e. The van der Waals surface area contributed by atoms with Crippen molar-refractivity contribution in [2.24, 2.45) is 4.36 Å². The van der Waals surface area contributed by atoms with Gasteiger partial charge in [0, 0.05) is 13.1 Å². The third-order valence-corrected chi connectivity index (χ3v) is 8.62. The van der Waals surface area contributed by atoms with Crippen molar-refractivity contribution < 1.29 is 32.0 Å². The van der Waals surface area contributed by atoms with E-state index in [4.69, 9.17) is 4.74 Å². The van der Waals surface area contributed by atoms with Crippen molar-refractivity contribution in [1.29, 1.82) is 0 Å². The van der Waals surface area contributed by atoms with Gasteiger partial charge in [-0.3, -0.25) is 0 Å². The van der Waals surface area contributed by atoms with Crippen LogP contribution in [0.15, 0.2) is 82.1 Å². The Morgan fingerprint density at radius 2 is 1.59 bits per heavy atom. The molecule has 37 heavy (non-hydrogen) atoms. The van der Waals surface area contributed by atoms with Crippen molar-refractivity contribution >= 4 is 21.3 Å². The van der Waals surface area contributed by atoms with E-state index in [-0.39, 0.29) is 10.9 Å². The Balaban J connectivity index is 1.42. The van der Waals surface area contributed by atoms with Crippen LogP contribution in [-0.2, 0) is 9.92 Å². The second-order valence-electron chi connectivity index (χ2n) is 8.85. The fraction of sp³-hybridized carbons (Fsp3) is 0.308. The highest BCUT2D eigenvalue weighted by Gasteiger charge is 2.40. The lowest BCUT2D eigenvalue weighted by Gasteiger charge is -2.45. The highest BCUT2D eigenvalue weighted by Crippen LogP contribution is 2.49. The van der Waals surface area contributed by atoms with Crippen molar-refractivity contribution in [1.82, 2.24) is 4.72 Å². The molecule has 0 amide bonds. The van der Waals surface area contributed by atoms with Gasteiger partial charge < -0.3 is 19.5 Å². The molecule has 1 saturated carbocycles. The summed E-state index contributed by atoms with van der Waals surface area (Å²) >= 11 is 0. The normalized spacial score (nSPS) is 22.7. The Labute approximate surface area is 213 Å².